The van der Waals surface area contributed by atoms with Crippen LogP contribution >= 0.6 is 0 Å². The van der Waals surface area contributed by atoms with E-state index < -0.39 is 0 Å². The summed E-state index contributed by atoms with van der Waals surface area (Å²) in [5, 5.41) is 4.43. The average Bonchev–Trinajstić information content (AvgIpc) is 3.08. The summed E-state index contributed by atoms with van der Waals surface area (Å²) in [4.78, 5) is 14.8. The number of aryl methyl sites for hydroxylation is 1. The fourth-order valence-corrected chi connectivity index (χ4v) is 4.46. The zero-order chi connectivity index (χ0) is 16.8. The number of para-hydroxylation sites is 1. The smallest absolute Gasteiger partial charge is 0.224 e. The Kier molecular flexibility index (Phi) is 3.85. The summed E-state index contributed by atoms with van der Waals surface area (Å²) < 4.78 is 7.91. The molecule has 2 aromatic rings. The summed E-state index contributed by atoms with van der Waals surface area (Å²) in [5.41, 5.74) is 2.25. The van der Waals surface area contributed by atoms with E-state index in [-0.39, 0.29) is 24.1 Å². The molecule has 1 saturated carbocycles. The van der Waals surface area contributed by atoms with E-state index in [1.54, 1.807) is 0 Å². The first kappa shape index (κ1) is 15.7. The van der Waals surface area contributed by atoms with E-state index in [0.717, 1.165) is 24.0 Å². The molecule has 4 rings (SSSR count). The van der Waals surface area contributed by atoms with Gasteiger partial charge in [-0.2, -0.15) is 0 Å². The Labute approximate surface area is 142 Å². The van der Waals surface area contributed by atoms with Gasteiger partial charge in [0.05, 0.1) is 24.6 Å². The van der Waals surface area contributed by atoms with Gasteiger partial charge in [0.15, 0.2) is 0 Å². The molecule has 0 radical (unpaired) electrons. The van der Waals surface area contributed by atoms with Crippen LogP contribution in [0.4, 0.5) is 0 Å². The number of amides is 1. The number of fused-ring (bicyclic) bond motifs is 2. The Balaban J connectivity index is 1.48. The molecule has 5 heteroatoms. The summed E-state index contributed by atoms with van der Waals surface area (Å²) in [6.45, 7) is 0.815. The van der Waals surface area contributed by atoms with Crippen molar-refractivity contribution in [3.63, 3.8) is 0 Å². The molecular formula is C19H25N3O2. The SMILES string of the molecule is CN(C)[C@@H]1[C@@H](NC(=O)Cc2cn(C)c3ccccc23)[C@H]2CCO[C@H]21. The van der Waals surface area contributed by atoms with Gasteiger partial charge >= 0.3 is 0 Å². The minimum Gasteiger partial charge on any atom is -0.376 e. The van der Waals surface area contributed by atoms with Crippen molar-refractivity contribution in [2.75, 3.05) is 20.7 Å². The third kappa shape index (κ3) is 2.43. The number of hydrogen-bond donors (Lipinski definition) is 1. The number of rotatable bonds is 4. The minimum absolute atomic E-state index is 0.105. The molecule has 2 fully saturated rings. The topological polar surface area (TPSA) is 46.5 Å². The number of ether oxygens (including phenoxy) is 1. The molecule has 1 aromatic heterocycles. The second-order valence-corrected chi connectivity index (χ2v) is 7.29. The predicted molar refractivity (Wildman–Crippen MR) is 93.9 cm³/mol. The normalized spacial score (nSPS) is 28.8. The Hall–Kier alpha value is -1.85. The number of carbonyl (C=O) groups is 1. The number of aromatic nitrogens is 1. The van der Waals surface area contributed by atoms with Crippen LogP contribution in [0.1, 0.15) is 12.0 Å². The molecule has 2 heterocycles. The maximum atomic E-state index is 12.6. The van der Waals surface area contributed by atoms with Crippen molar-refractivity contribution in [1.29, 1.82) is 0 Å². The first-order valence-corrected chi connectivity index (χ1v) is 8.66. The number of nitrogens with one attached hydrogen (secondary N) is 1. The van der Waals surface area contributed by atoms with E-state index in [1.807, 2.05) is 19.2 Å². The lowest BCUT2D eigenvalue weighted by atomic mass is 9.71. The quantitative estimate of drug-likeness (QED) is 0.927. The lowest BCUT2D eigenvalue weighted by Gasteiger charge is -2.50. The fourth-order valence-electron chi connectivity index (χ4n) is 4.46. The van der Waals surface area contributed by atoms with E-state index in [2.05, 4.69) is 47.2 Å². The second kappa shape index (κ2) is 5.90. The standard InChI is InChI=1S/C19H25N3O2/c1-21(2)18-17(14-8-9-24-19(14)18)20-16(23)10-12-11-22(3)15-7-5-4-6-13(12)15/h4-7,11,14,17-19H,8-10H2,1-3H3,(H,20,23)/t14-,17+,18-,19-/m1/s1. The molecule has 1 aliphatic carbocycles. The van der Waals surface area contributed by atoms with Crippen LogP contribution in [0.3, 0.4) is 0 Å². The van der Waals surface area contributed by atoms with Crippen LogP contribution in [0, 0.1) is 5.92 Å². The lowest BCUT2D eigenvalue weighted by Crippen LogP contribution is -2.69. The number of likely N-dealkylation sites (N-methyl/N-ethyl adjacent to an activating group) is 1. The molecule has 1 aromatic carbocycles. The molecule has 1 amide bonds. The van der Waals surface area contributed by atoms with Crippen LogP contribution in [-0.4, -0.2) is 54.3 Å². The highest BCUT2D eigenvalue weighted by Gasteiger charge is 2.55. The predicted octanol–water partition coefficient (Wildman–Crippen LogP) is 1.55. The van der Waals surface area contributed by atoms with Crippen molar-refractivity contribution in [3.8, 4) is 0 Å². The molecule has 5 nitrogen and oxygen atoms in total. The van der Waals surface area contributed by atoms with Gasteiger partial charge in [-0.1, -0.05) is 18.2 Å². The van der Waals surface area contributed by atoms with E-state index >= 15 is 0 Å². The van der Waals surface area contributed by atoms with E-state index in [1.165, 1.54) is 5.52 Å². The highest BCUT2D eigenvalue weighted by Crippen LogP contribution is 2.41. The largest absolute Gasteiger partial charge is 0.376 e. The van der Waals surface area contributed by atoms with Crippen LogP contribution in [-0.2, 0) is 23.0 Å². The van der Waals surface area contributed by atoms with Gasteiger partial charge in [-0.05, 0) is 32.1 Å². The third-order valence-corrected chi connectivity index (χ3v) is 5.60. The van der Waals surface area contributed by atoms with Crippen molar-refractivity contribution in [1.82, 2.24) is 14.8 Å². The molecule has 4 atom stereocenters. The molecule has 0 unspecified atom stereocenters. The van der Waals surface area contributed by atoms with Crippen LogP contribution in [0.15, 0.2) is 30.5 Å². The Morgan fingerprint density at radius 2 is 2.17 bits per heavy atom. The van der Waals surface area contributed by atoms with Gasteiger partial charge in [-0.15, -0.1) is 0 Å². The van der Waals surface area contributed by atoms with Gasteiger partial charge < -0.3 is 19.5 Å². The molecule has 24 heavy (non-hydrogen) atoms. The summed E-state index contributed by atoms with van der Waals surface area (Å²) >= 11 is 0. The maximum absolute atomic E-state index is 12.6. The molecule has 1 saturated heterocycles. The van der Waals surface area contributed by atoms with Gasteiger partial charge in [0.2, 0.25) is 5.91 Å². The zero-order valence-corrected chi connectivity index (χ0v) is 14.5. The van der Waals surface area contributed by atoms with Crippen molar-refractivity contribution in [2.45, 2.75) is 31.0 Å². The van der Waals surface area contributed by atoms with E-state index in [9.17, 15) is 4.79 Å². The summed E-state index contributed by atoms with van der Waals surface area (Å²) in [6, 6.07) is 8.72. The number of benzene rings is 1. The minimum atomic E-state index is 0.105. The molecule has 1 aliphatic heterocycles. The molecular weight excluding hydrogens is 302 g/mol. The monoisotopic (exact) mass is 327 g/mol. The molecule has 128 valence electrons. The molecule has 0 bridgehead atoms. The van der Waals surface area contributed by atoms with Crippen LogP contribution in [0.5, 0.6) is 0 Å². The molecule has 2 aliphatic rings. The van der Waals surface area contributed by atoms with Gasteiger partial charge in [-0.25, -0.2) is 0 Å². The van der Waals surface area contributed by atoms with E-state index in [4.69, 9.17) is 4.74 Å². The van der Waals surface area contributed by atoms with E-state index in [0.29, 0.717) is 12.3 Å². The second-order valence-electron chi connectivity index (χ2n) is 7.29. The van der Waals surface area contributed by atoms with Gasteiger partial charge in [-0.3, -0.25) is 4.79 Å². The van der Waals surface area contributed by atoms with Crippen molar-refractivity contribution < 1.29 is 9.53 Å². The number of nitrogens with zero attached hydrogens (tertiary/aromatic N) is 2. The van der Waals surface area contributed by atoms with Gasteiger partial charge in [0.25, 0.3) is 0 Å². The zero-order valence-electron chi connectivity index (χ0n) is 14.5. The Morgan fingerprint density at radius 3 is 2.96 bits per heavy atom. The van der Waals surface area contributed by atoms with Crippen molar-refractivity contribution in [3.05, 3.63) is 36.0 Å². The third-order valence-electron chi connectivity index (χ3n) is 5.60. The Morgan fingerprint density at radius 1 is 1.38 bits per heavy atom. The van der Waals surface area contributed by atoms with Crippen LogP contribution < -0.4 is 5.32 Å². The first-order chi connectivity index (χ1) is 11.6. The highest BCUT2D eigenvalue weighted by molar-refractivity contribution is 5.89. The van der Waals surface area contributed by atoms with Gasteiger partial charge in [0, 0.05) is 36.7 Å². The summed E-state index contributed by atoms with van der Waals surface area (Å²) in [5.74, 6) is 0.572. The summed E-state index contributed by atoms with van der Waals surface area (Å²) in [6.07, 6.45) is 3.82. The highest BCUT2D eigenvalue weighted by atomic mass is 16.5. The van der Waals surface area contributed by atoms with Gasteiger partial charge in [0.1, 0.15) is 0 Å². The van der Waals surface area contributed by atoms with Crippen molar-refractivity contribution >= 4 is 16.8 Å². The molecule has 1 N–H and O–H groups in total. The lowest BCUT2D eigenvalue weighted by molar-refractivity contribution is -0.127. The van der Waals surface area contributed by atoms with Crippen LogP contribution in [0.25, 0.3) is 10.9 Å². The Bertz CT molecular complexity index is 767. The maximum Gasteiger partial charge on any atom is 0.224 e. The average molecular weight is 327 g/mol. The summed E-state index contributed by atoms with van der Waals surface area (Å²) in [7, 11) is 6.15. The van der Waals surface area contributed by atoms with Crippen LogP contribution in [0.2, 0.25) is 0 Å². The fraction of sp³-hybridized carbons (Fsp3) is 0.526. The first-order valence-electron chi connectivity index (χ1n) is 8.66. The number of carbonyl (C=O) groups excluding carboxylic acids is 1. The number of hydrogen-bond acceptors (Lipinski definition) is 3. The van der Waals surface area contributed by atoms with Crippen molar-refractivity contribution in [2.24, 2.45) is 13.0 Å². The molecule has 0 spiro atoms.